The van der Waals surface area contributed by atoms with Crippen LogP contribution in [0.5, 0.6) is 0 Å². The Labute approximate surface area is 118 Å². The van der Waals surface area contributed by atoms with E-state index in [0.29, 0.717) is 0 Å². The summed E-state index contributed by atoms with van der Waals surface area (Å²) in [6, 6.07) is 14.9. The second-order valence-corrected chi connectivity index (χ2v) is 6.22. The topological polar surface area (TPSA) is 20.2 Å². The highest BCUT2D eigenvalue weighted by molar-refractivity contribution is 7.99. The molecular formula is C17H18OS. The number of hydrogen-bond donors (Lipinski definition) is 1. The van der Waals surface area contributed by atoms with Crippen LogP contribution < -0.4 is 0 Å². The molecule has 1 aliphatic rings. The van der Waals surface area contributed by atoms with Gasteiger partial charge in [0, 0.05) is 9.79 Å². The van der Waals surface area contributed by atoms with Gasteiger partial charge in [-0.05, 0) is 61.1 Å². The lowest BCUT2D eigenvalue weighted by molar-refractivity contribution is 0.196. The van der Waals surface area contributed by atoms with E-state index in [1.807, 2.05) is 25.1 Å². The van der Waals surface area contributed by atoms with Gasteiger partial charge in [-0.1, -0.05) is 36.0 Å². The molecule has 98 valence electrons. The number of rotatable bonds is 3. The lowest BCUT2D eigenvalue weighted by atomic mass is 10.1. The molecule has 0 fully saturated rings. The van der Waals surface area contributed by atoms with Crippen LogP contribution >= 0.6 is 11.8 Å². The van der Waals surface area contributed by atoms with Crippen LogP contribution in [0, 0.1) is 0 Å². The molecule has 0 aliphatic heterocycles. The van der Waals surface area contributed by atoms with Crippen molar-refractivity contribution >= 4 is 11.8 Å². The average Bonchev–Trinajstić information content (AvgIpc) is 2.86. The Kier molecular flexibility index (Phi) is 3.63. The summed E-state index contributed by atoms with van der Waals surface area (Å²) in [5.41, 5.74) is 4.01. The highest BCUT2D eigenvalue weighted by Gasteiger charge is 2.13. The highest BCUT2D eigenvalue weighted by Crippen LogP contribution is 2.35. The average molecular weight is 270 g/mol. The molecule has 2 aromatic rings. The Morgan fingerprint density at radius 1 is 1.05 bits per heavy atom. The first-order chi connectivity index (χ1) is 9.24. The van der Waals surface area contributed by atoms with Gasteiger partial charge in [0.15, 0.2) is 0 Å². The van der Waals surface area contributed by atoms with Crippen LogP contribution in [0.25, 0.3) is 0 Å². The van der Waals surface area contributed by atoms with Gasteiger partial charge in [0.25, 0.3) is 0 Å². The maximum Gasteiger partial charge on any atom is 0.0772 e. The maximum absolute atomic E-state index is 9.82. The lowest BCUT2D eigenvalue weighted by Gasteiger charge is -2.12. The van der Waals surface area contributed by atoms with Crippen molar-refractivity contribution in [3.63, 3.8) is 0 Å². The van der Waals surface area contributed by atoms with Crippen molar-refractivity contribution < 1.29 is 5.11 Å². The summed E-state index contributed by atoms with van der Waals surface area (Å²) in [4.78, 5) is 2.42. The summed E-state index contributed by atoms with van der Waals surface area (Å²) in [6.45, 7) is 1.82. The molecule has 1 aliphatic carbocycles. The Balaban J connectivity index is 1.89. The molecule has 2 heteroatoms. The Morgan fingerprint density at radius 3 is 2.68 bits per heavy atom. The third-order valence-corrected chi connectivity index (χ3v) is 4.75. The minimum absolute atomic E-state index is 0.418. The standard InChI is InChI=1S/C17H18OS/c1-12(18)16-7-2-3-8-17(16)19-15-10-9-13-5-4-6-14(13)11-15/h2-3,7-12,18H,4-6H2,1H3/t12-/m1/s1. The zero-order valence-electron chi connectivity index (χ0n) is 11.1. The van der Waals surface area contributed by atoms with E-state index in [0.717, 1.165) is 10.5 Å². The van der Waals surface area contributed by atoms with Crippen LogP contribution in [0.2, 0.25) is 0 Å². The number of aliphatic hydroxyl groups excluding tert-OH is 1. The van der Waals surface area contributed by atoms with Crippen molar-refractivity contribution in [3.8, 4) is 0 Å². The summed E-state index contributed by atoms with van der Waals surface area (Å²) < 4.78 is 0. The molecule has 0 aromatic heterocycles. The SMILES string of the molecule is C[C@@H](O)c1ccccc1Sc1ccc2c(c1)CCC2. The molecule has 1 N–H and O–H groups in total. The molecule has 0 unspecified atom stereocenters. The first-order valence-corrected chi connectivity index (χ1v) is 7.62. The number of aliphatic hydroxyl groups is 1. The fourth-order valence-electron chi connectivity index (χ4n) is 2.66. The van der Waals surface area contributed by atoms with Crippen LogP contribution in [-0.4, -0.2) is 5.11 Å². The predicted octanol–water partition coefficient (Wildman–Crippen LogP) is 4.38. The Bertz CT molecular complexity index is 590. The molecule has 0 heterocycles. The Hall–Kier alpha value is -1.25. The molecule has 0 amide bonds. The summed E-state index contributed by atoms with van der Waals surface area (Å²) in [5.74, 6) is 0. The number of fused-ring (bicyclic) bond motifs is 1. The van der Waals surface area contributed by atoms with E-state index in [9.17, 15) is 5.11 Å². The van der Waals surface area contributed by atoms with E-state index in [1.165, 1.54) is 35.3 Å². The largest absolute Gasteiger partial charge is 0.389 e. The van der Waals surface area contributed by atoms with Crippen LogP contribution in [0.4, 0.5) is 0 Å². The summed E-state index contributed by atoms with van der Waals surface area (Å²) >= 11 is 1.75. The minimum atomic E-state index is -0.418. The third-order valence-electron chi connectivity index (χ3n) is 3.67. The molecule has 0 saturated carbocycles. The van der Waals surface area contributed by atoms with Gasteiger partial charge in [-0.2, -0.15) is 0 Å². The number of aryl methyl sites for hydroxylation is 2. The molecule has 0 spiro atoms. The van der Waals surface area contributed by atoms with Gasteiger partial charge < -0.3 is 5.11 Å². The molecule has 1 atom stereocenters. The maximum atomic E-state index is 9.82. The van der Waals surface area contributed by atoms with E-state index >= 15 is 0 Å². The van der Waals surface area contributed by atoms with E-state index in [4.69, 9.17) is 0 Å². The number of benzene rings is 2. The van der Waals surface area contributed by atoms with Gasteiger partial charge in [0.05, 0.1) is 6.10 Å². The van der Waals surface area contributed by atoms with Gasteiger partial charge in [-0.3, -0.25) is 0 Å². The molecule has 19 heavy (non-hydrogen) atoms. The van der Waals surface area contributed by atoms with Crippen LogP contribution in [0.1, 0.15) is 36.1 Å². The van der Waals surface area contributed by atoms with Gasteiger partial charge in [-0.25, -0.2) is 0 Å². The normalized spacial score (nSPS) is 15.3. The van der Waals surface area contributed by atoms with Crippen LogP contribution in [0.15, 0.2) is 52.3 Å². The first kappa shape index (κ1) is 12.8. The molecule has 0 saturated heterocycles. The predicted molar refractivity (Wildman–Crippen MR) is 79.7 cm³/mol. The second-order valence-electron chi connectivity index (χ2n) is 5.10. The van der Waals surface area contributed by atoms with Crippen LogP contribution in [-0.2, 0) is 12.8 Å². The quantitative estimate of drug-likeness (QED) is 0.893. The van der Waals surface area contributed by atoms with Crippen LogP contribution in [0.3, 0.4) is 0 Å². The fraction of sp³-hybridized carbons (Fsp3) is 0.294. The Morgan fingerprint density at radius 2 is 1.84 bits per heavy atom. The monoisotopic (exact) mass is 270 g/mol. The molecule has 0 radical (unpaired) electrons. The minimum Gasteiger partial charge on any atom is -0.389 e. The van der Waals surface area contributed by atoms with Crippen molar-refractivity contribution in [2.24, 2.45) is 0 Å². The van der Waals surface area contributed by atoms with Crippen molar-refractivity contribution in [3.05, 3.63) is 59.2 Å². The zero-order chi connectivity index (χ0) is 13.2. The van der Waals surface area contributed by atoms with Gasteiger partial charge in [0.2, 0.25) is 0 Å². The fourth-order valence-corrected chi connectivity index (χ4v) is 3.75. The molecular weight excluding hydrogens is 252 g/mol. The zero-order valence-corrected chi connectivity index (χ0v) is 11.9. The van der Waals surface area contributed by atoms with Crippen molar-refractivity contribution in [1.29, 1.82) is 0 Å². The van der Waals surface area contributed by atoms with E-state index in [1.54, 1.807) is 11.8 Å². The first-order valence-electron chi connectivity index (χ1n) is 6.80. The smallest absolute Gasteiger partial charge is 0.0772 e. The van der Waals surface area contributed by atoms with Gasteiger partial charge >= 0.3 is 0 Å². The van der Waals surface area contributed by atoms with Crippen molar-refractivity contribution in [1.82, 2.24) is 0 Å². The van der Waals surface area contributed by atoms with Crippen molar-refractivity contribution in [2.75, 3.05) is 0 Å². The summed E-state index contributed by atoms with van der Waals surface area (Å²) in [5, 5.41) is 9.82. The second kappa shape index (κ2) is 5.40. The molecule has 1 nitrogen and oxygen atoms in total. The van der Waals surface area contributed by atoms with E-state index in [-0.39, 0.29) is 0 Å². The lowest BCUT2D eigenvalue weighted by Crippen LogP contribution is -1.93. The number of hydrogen-bond acceptors (Lipinski definition) is 2. The molecule has 0 bridgehead atoms. The van der Waals surface area contributed by atoms with E-state index < -0.39 is 6.10 Å². The molecule has 3 rings (SSSR count). The van der Waals surface area contributed by atoms with Gasteiger partial charge in [-0.15, -0.1) is 0 Å². The molecule has 2 aromatic carbocycles. The summed E-state index contributed by atoms with van der Waals surface area (Å²) in [6.07, 6.45) is 3.30. The van der Waals surface area contributed by atoms with Gasteiger partial charge in [0.1, 0.15) is 0 Å². The van der Waals surface area contributed by atoms with E-state index in [2.05, 4.69) is 24.3 Å². The highest BCUT2D eigenvalue weighted by atomic mass is 32.2. The third kappa shape index (κ3) is 2.70. The summed E-state index contributed by atoms with van der Waals surface area (Å²) in [7, 11) is 0. The van der Waals surface area contributed by atoms with Crippen molar-refractivity contribution in [2.45, 2.75) is 42.1 Å².